The third-order valence-corrected chi connectivity index (χ3v) is 1.69. The van der Waals surface area contributed by atoms with Crippen LogP contribution in [-0.4, -0.2) is 19.2 Å². The highest BCUT2D eigenvalue weighted by Crippen LogP contribution is 2.12. The smallest absolute Gasteiger partial charge is 0.515 e. The molecule has 2 heteroatoms. The molecule has 0 spiro atoms. The third kappa shape index (κ3) is 1.70. The number of hydrogen-bond donors (Lipinski definition) is 0. The lowest BCUT2D eigenvalue weighted by Gasteiger charge is -2.25. The molecule has 0 aromatic carbocycles. The maximum Gasteiger partial charge on any atom is 0.515 e. The van der Waals surface area contributed by atoms with Crippen LogP contribution >= 0.6 is 0 Å². The highest BCUT2D eigenvalue weighted by atomic mass is 16.7. The van der Waals surface area contributed by atoms with Gasteiger partial charge in [0, 0.05) is 17.6 Å². The second-order valence-electron chi connectivity index (χ2n) is 2.45. The minimum absolute atomic E-state index is 0.148. The molecule has 0 radical (unpaired) electrons. The second-order valence-corrected chi connectivity index (χ2v) is 2.45. The molecule has 2 nitrogen and oxygen atoms in total. The molecule has 0 amide bonds. The van der Waals surface area contributed by atoms with Gasteiger partial charge in [-0.05, 0) is 6.42 Å². The molecule has 0 unspecified atom stereocenters. The minimum atomic E-state index is 0.148. The van der Waals surface area contributed by atoms with Gasteiger partial charge in [-0.3, -0.25) is 0 Å². The Labute approximate surface area is 55.5 Å². The van der Waals surface area contributed by atoms with Gasteiger partial charge in [-0.25, -0.2) is 0 Å². The molecule has 52 valence electrons. The number of rotatable bonds is 0. The van der Waals surface area contributed by atoms with Crippen LogP contribution < -0.4 is 0 Å². The quantitative estimate of drug-likeness (QED) is 0.356. The van der Waals surface area contributed by atoms with E-state index in [1.54, 1.807) is 6.92 Å². The van der Waals surface area contributed by atoms with Gasteiger partial charge in [0.15, 0.2) is 0 Å². The van der Waals surface area contributed by atoms with Crippen LogP contribution in [0.5, 0.6) is 0 Å². The summed E-state index contributed by atoms with van der Waals surface area (Å²) in [5.74, 6) is 0.148. The Kier molecular flexibility index (Phi) is 2.09. The summed E-state index contributed by atoms with van der Waals surface area (Å²) in [6.07, 6.45) is 3.59. The highest BCUT2D eigenvalue weighted by molar-refractivity contribution is 5.67. The maximum absolute atomic E-state index is 10.7. The van der Waals surface area contributed by atoms with Gasteiger partial charge in [-0.1, -0.05) is 0 Å². The van der Waals surface area contributed by atoms with Crippen LogP contribution in [0.1, 0.15) is 26.2 Å². The fourth-order valence-corrected chi connectivity index (χ4v) is 1.12. The van der Waals surface area contributed by atoms with Gasteiger partial charge in [-0.15, -0.1) is 0 Å². The van der Waals surface area contributed by atoms with Crippen molar-refractivity contribution in [2.75, 3.05) is 13.2 Å². The van der Waals surface area contributed by atoms with Crippen LogP contribution in [-0.2, 0) is 9.16 Å². The van der Waals surface area contributed by atoms with Gasteiger partial charge in [-0.2, -0.15) is 0 Å². The van der Waals surface area contributed by atoms with E-state index in [2.05, 4.69) is 4.37 Å². The SMILES string of the molecule is CC(=O)[O+]1CCCCC1. The molecule has 1 fully saturated rings. The largest absolute Gasteiger partial charge is 0.545 e. The van der Waals surface area contributed by atoms with Crippen molar-refractivity contribution in [3.05, 3.63) is 0 Å². The fourth-order valence-electron chi connectivity index (χ4n) is 1.12. The first-order valence-electron chi connectivity index (χ1n) is 3.49. The Morgan fingerprint density at radius 3 is 2.11 bits per heavy atom. The van der Waals surface area contributed by atoms with Crippen LogP contribution in [0.15, 0.2) is 0 Å². The second kappa shape index (κ2) is 2.85. The van der Waals surface area contributed by atoms with Gasteiger partial charge in [0.25, 0.3) is 0 Å². The Balaban J connectivity index is 2.31. The first-order valence-corrected chi connectivity index (χ1v) is 3.49. The van der Waals surface area contributed by atoms with E-state index < -0.39 is 0 Å². The van der Waals surface area contributed by atoms with Gasteiger partial charge in [0.2, 0.25) is 0 Å². The fraction of sp³-hybridized carbons (Fsp3) is 0.857. The summed E-state index contributed by atoms with van der Waals surface area (Å²) < 4.78 is 2.67. The van der Waals surface area contributed by atoms with Crippen LogP contribution in [0.25, 0.3) is 0 Å². The van der Waals surface area contributed by atoms with Crippen molar-refractivity contribution < 1.29 is 9.16 Å². The summed E-state index contributed by atoms with van der Waals surface area (Å²) in [4.78, 5) is 10.7. The third-order valence-electron chi connectivity index (χ3n) is 1.69. The van der Waals surface area contributed by atoms with E-state index in [0.717, 1.165) is 26.1 Å². The molecule has 0 aliphatic carbocycles. The lowest BCUT2D eigenvalue weighted by atomic mass is 10.2. The highest BCUT2D eigenvalue weighted by Gasteiger charge is 2.16. The first kappa shape index (κ1) is 6.59. The molecule has 1 saturated heterocycles. The molecule has 0 aromatic rings. The van der Waals surface area contributed by atoms with Crippen molar-refractivity contribution in [3.63, 3.8) is 0 Å². The topological polar surface area (TPSA) is 19.8 Å². The van der Waals surface area contributed by atoms with Crippen LogP contribution in [0.2, 0.25) is 0 Å². The molecule has 9 heavy (non-hydrogen) atoms. The number of hydrogen-bond acceptors (Lipinski definition) is 1. The van der Waals surface area contributed by atoms with Crippen molar-refractivity contribution in [3.8, 4) is 0 Å². The summed E-state index contributed by atoms with van der Waals surface area (Å²) in [6, 6.07) is 0. The van der Waals surface area contributed by atoms with E-state index in [-0.39, 0.29) is 5.97 Å². The predicted octanol–water partition coefficient (Wildman–Crippen LogP) is 1.27. The van der Waals surface area contributed by atoms with E-state index in [1.807, 2.05) is 0 Å². The van der Waals surface area contributed by atoms with Crippen molar-refractivity contribution >= 4 is 5.97 Å². The van der Waals surface area contributed by atoms with E-state index in [1.165, 1.54) is 6.42 Å². The monoisotopic (exact) mass is 129 g/mol. The lowest BCUT2D eigenvalue weighted by Crippen LogP contribution is -2.25. The Bertz CT molecular complexity index is 103. The maximum atomic E-state index is 10.7. The molecule has 1 aliphatic heterocycles. The molecule has 0 aromatic heterocycles. The molecular formula is C7H13O2+. The van der Waals surface area contributed by atoms with Crippen LogP contribution in [0.3, 0.4) is 0 Å². The Hall–Kier alpha value is -0.530. The summed E-state index contributed by atoms with van der Waals surface area (Å²) in [6.45, 7) is 3.40. The number of carbonyl (C=O) groups is 1. The van der Waals surface area contributed by atoms with Crippen LogP contribution in [0, 0.1) is 0 Å². The molecule has 1 heterocycles. The van der Waals surface area contributed by atoms with Crippen LogP contribution in [0.4, 0.5) is 0 Å². The summed E-state index contributed by atoms with van der Waals surface area (Å²) in [7, 11) is 0. The van der Waals surface area contributed by atoms with Crippen molar-refractivity contribution in [2.24, 2.45) is 0 Å². The van der Waals surface area contributed by atoms with Gasteiger partial charge in [0.1, 0.15) is 13.2 Å². The van der Waals surface area contributed by atoms with E-state index in [0.29, 0.717) is 0 Å². The van der Waals surface area contributed by atoms with Crippen molar-refractivity contribution in [1.82, 2.24) is 0 Å². The van der Waals surface area contributed by atoms with Gasteiger partial charge in [0.05, 0.1) is 6.92 Å². The number of carbonyl (C=O) groups excluding carboxylic acids is 1. The standard InChI is InChI=1S/C7H13O2/c1-7(8)9-5-3-2-4-6-9/h2-6H2,1H3/q+1. The zero-order valence-electron chi connectivity index (χ0n) is 5.85. The van der Waals surface area contributed by atoms with Crippen molar-refractivity contribution in [2.45, 2.75) is 26.2 Å². The first-order chi connectivity index (χ1) is 4.30. The van der Waals surface area contributed by atoms with E-state index in [9.17, 15) is 4.79 Å². The normalized spacial score (nSPS) is 19.9. The Morgan fingerprint density at radius 2 is 1.78 bits per heavy atom. The zero-order chi connectivity index (χ0) is 6.69. The summed E-state index contributed by atoms with van der Waals surface area (Å²) in [5.41, 5.74) is 0. The molecule has 0 N–H and O–H groups in total. The lowest BCUT2D eigenvalue weighted by molar-refractivity contribution is -0.190. The Morgan fingerprint density at radius 1 is 1.22 bits per heavy atom. The molecular weight excluding hydrogens is 116 g/mol. The van der Waals surface area contributed by atoms with E-state index in [4.69, 9.17) is 0 Å². The molecule has 0 bridgehead atoms. The summed E-state index contributed by atoms with van der Waals surface area (Å²) >= 11 is 0. The minimum Gasteiger partial charge on any atom is -0.545 e. The predicted molar refractivity (Wildman–Crippen MR) is 35.4 cm³/mol. The molecule has 1 rings (SSSR count). The zero-order valence-corrected chi connectivity index (χ0v) is 5.85. The molecule has 0 saturated carbocycles. The van der Waals surface area contributed by atoms with Gasteiger partial charge < -0.3 is 4.37 Å². The van der Waals surface area contributed by atoms with Gasteiger partial charge >= 0.3 is 5.97 Å². The molecule has 0 atom stereocenters. The van der Waals surface area contributed by atoms with Crippen molar-refractivity contribution in [1.29, 1.82) is 0 Å². The molecule has 1 aliphatic rings. The average Bonchev–Trinajstić information content (AvgIpc) is 1.90. The van der Waals surface area contributed by atoms with E-state index >= 15 is 0 Å². The average molecular weight is 129 g/mol. The summed E-state index contributed by atoms with van der Waals surface area (Å²) in [5, 5.41) is 0.